The zero-order valence-corrected chi connectivity index (χ0v) is 15.8. The number of hydrogen-bond acceptors (Lipinski definition) is 5. The van der Waals surface area contributed by atoms with Crippen LogP contribution >= 0.6 is 0 Å². The van der Waals surface area contributed by atoms with Crippen molar-refractivity contribution in [1.82, 2.24) is 19.5 Å². The average Bonchev–Trinajstić information content (AvgIpc) is 3.13. The standard InChI is InChI=1S/C22H21N5O2/c28-21(29)20-13-26(14-24-20)10-18-9-23-22(27-11-16-8-17(16)12-27)25-19(18)7-6-15-4-2-1-3-5-15/h1-7,9,13-14,16-17H,8,10-12H2,(H,28,29)/b7-6+. The number of nitrogens with zero attached hydrogens (tertiary/aromatic N) is 5. The van der Waals surface area contributed by atoms with E-state index in [-0.39, 0.29) is 5.69 Å². The molecule has 7 heteroatoms. The van der Waals surface area contributed by atoms with Crippen LogP contribution in [0.5, 0.6) is 0 Å². The molecular formula is C22H21N5O2. The van der Waals surface area contributed by atoms with Gasteiger partial charge in [0.25, 0.3) is 0 Å². The molecule has 1 saturated heterocycles. The largest absolute Gasteiger partial charge is 0.476 e. The lowest BCUT2D eigenvalue weighted by Crippen LogP contribution is -2.24. The van der Waals surface area contributed by atoms with E-state index in [1.807, 2.05) is 48.7 Å². The summed E-state index contributed by atoms with van der Waals surface area (Å²) in [7, 11) is 0. The van der Waals surface area contributed by atoms with E-state index in [0.29, 0.717) is 6.54 Å². The fourth-order valence-electron chi connectivity index (χ4n) is 3.88. The summed E-state index contributed by atoms with van der Waals surface area (Å²) in [4.78, 5) is 26.7. The lowest BCUT2D eigenvalue weighted by atomic mass is 10.1. The maximum absolute atomic E-state index is 11.1. The van der Waals surface area contributed by atoms with Gasteiger partial charge >= 0.3 is 5.97 Å². The molecule has 2 fully saturated rings. The smallest absolute Gasteiger partial charge is 0.356 e. The first-order chi connectivity index (χ1) is 14.2. The molecule has 1 saturated carbocycles. The highest BCUT2D eigenvalue weighted by atomic mass is 16.4. The molecule has 0 bridgehead atoms. The van der Waals surface area contributed by atoms with Crippen molar-refractivity contribution >= 4 is 24.1 Å². The molecule has 5 rings (SSSR count). The molecule has 1 aromatic carbocycles. The fourth-order valence-corrected chi connectivity index (χ4v) is 3.88. The first-order valence-corrected chi connectivity index (χ1v) is 9.75. The van der Waals surface area contributed by atoms with Crippen molar-refractivity contribution in [3.8, 4) is 0 Å². The Morgan fingerprint density at radius 2 is 1.93 bits per heavy atom. The first-order valence-electron chi connectivity index (χ1n) is 9.75. The highest BCUT2D eigenvalue weighted by molar-refractivity contribution is 5.84. The van der Waals surface area contributed by atoms with Gasteiger partial charge in [0, 0.05) is 31.0 Å². The molecule has 2 unspecified atom stereocenters. The van der Waals surface area contributed by atoms with Crippen molar-refractivity contribution in [3.05, 3.63) is 71.6 Å². The highest BCUT2D eigenvalue weighted by Crippen LogP contribution is 2.45. The predicted octanol–water partition coefficient (Wildman–Crippen LogP) is 3.05. The fraction of sp³-hybridized carbons (Fsp3) is 0.273. The van der Waals surface area contributed by atoms with Crippen LogP contribution in [0.25, 0.3) is 12.2 Å². The van der Waals surface area contributed by atoms with Gasteiger partial charge in [-0.3, -0.25) is 0 Å². The number of carbonyl (C=O) groups is 1. The van der Waals surface area contributed by atoms with Crippen molar-refractivity contribution in [2.24, 2.45) is 11.8 Å². The van der Waals surface area contributed by atoms with Crippen molar-refractivity contribution in [2.45, 2.75) is 13.0 Å². The Balaban J connectivity index is 1.45. The van der Waals surface area contributed by atoms with Crippen LogP contribution in [0.15, 0.2) is 49.1 Å². The summed E-state index contributed by atoms with van der Waals surface area (Å²) < 4.78 is 1.74. The maximum Gasteiger partial charge on any atom is 0.356 e. The lowest BCUT2D eigenvalue weighted by molar-refractivity contribution is 0.0691. The van der Waals surface area contributed by atoms with E-state index in [0.717, 1.165) is 47.7 Å². The van der Waals surface area contributed by atoms with Crippen LogP contribution in [-0.2, 0) is 6.54 Å². The van der Waals surface area contributed by atoms with E-state index >= 15 is 0 Å². The molecule has 2 aliphatic rings. The summed E-state index contributed by atoms with van der Waals surface area (Å²) in [5, 5.41) is 9.09. The molecule has 1 aliphatic heterocycles. The molecule has 3 aromatic rings. The molecule has 2 aromatic heterocycles. The Bertz CT molecular complexity index is 1070. The molecule has 1 aliphatic carbocycles. The second kappa shape index (κ2) is 7.16. The SMILES string of the molecule is O=C(O)c1cn(Cc2cnc(N3CC4CC4C3)nc2/C=C/c2ccccc2)cn1. The van der Waals surface area contributed by atoms with Gasteiger partial charge in [-0.05, 0) is 29.9 Å². The van der Waals surface area contributed by atoms with Gasteiger partial charge in [-0.2, -0.15) is 0 Å². The summed E-state index contributed by atoms with van der Waals surface area (Å²) in [5.74, 6) is 1.35. The van der Waals surface area contributed by atoms with Crippen LogP contribution in [0.1, 0.15) is 33.7 Å². The molecule has 146 valence electrons. The number of rotatable bonds is 6. The molecular weight excluding hydrogens is 366 g/mol. The summed E-state index contributed by atoms with van der Waals surface area (Å²) in [6.07, 6.45) is 10.3. The molecule has 3 heterocycles. The van der Waals surface area contributed by atoms with Gasteiger partial charge in [0.1, 0.15) is 0 Å². The number of aromatic nitrogens is 4. The number of imidazole rings is 1. The van der Waals surface area contributed by atoms with Gasteiger partial charge in [0.15, 0.2) is 5.69 Å². The number of carboxylic acids is 1. The van der Waals surface area contributed by atoms with Crippen LogP contribution in [0.2, 0.25) is 0 Å². The second-order valence-corrected chi connectivity index (χ2v) is 7.72. The van der Waals surface area contributed by atoms with Gasteiger partial charge in [-0.25, -0.2) is 19.7 Å². The monoisotopic (exact) mass is 387 g/mol. The predicted molar refractivity (Wildman–Crippen MR) is 110 cm³/mol. The van der Waals surface area contributed by atoms with E-state index in [4.69, 9.17) is 10.1 Å². The van der Waals surface area contributed by atoms with Gasteiger partial charge < -0.3 is 14.6 Å². The quantitative estimate of drug-likeness (QED) is 0.700. The highest BCUT2D eigenvalue weighted by Gasteiger charge is 2.45. The van der Waals surface area contributed by atoms with E-state index < -0.39 is 5.97 Å². The van der Waals surface area contributed by atoms with Crippen LogP contribution in [0, 0.1) is 11.8 Å². The molecule has 1 N–H and O–H groups in total. The van der Waals surface area contributed by atoms with Crippen molar-refractivity contribution in [2.75, 3.05) is 18.0 Å². The van der Waals surface area contributed by atoms with E-state index in [1.54, 1.807) is 4.57 Å². The van der Waals surface area contributed by atoms with E-state index in [9.17, 15) is 4.79 Å². The van der Waals surface area contributed by atoms with Gasteiger partial charge in [0.05, 0.1) is 18.6 Å². The van der Waals surface area contributed by atoms with Gasteiger partial charge in [0.2, 0.25) is 5.95 Å². The van der Waals surface area contributed by atoms with Crippen LogP contribution in [0.4, 0.5) is 5.95 Å². The summed E-state index contributed by atoms with van der Waals surface area (Å²) >= 11 is 0. The molecule has 0 spiro atoms. The van der Waals surface area contributed by atoms with Gasteiger partial charge in [-0.1, -0.05) is 36.4 Å². The molecule has 29 heavy (non-hydrogen) atoms. The zero-order valence-electron chi connectivity index (χ0n) is 15.8. The summed E-state index contributed by atoms with van der Waals surface area (Å²) in [5.41, 5.74) is 2.88. The Morgan fingerprint density at radius 3 is 2.66 bits per heavy atom. The number of aromatic carboxylic acids is 1. The topological polar surface area (TPSA) is 84.1 Å². The lowest BCUT2D eigenvalue weighted by Gasteiger charge is -2.19. The second-order valence-electron chi connectivity index (χ2n) is 7.72. The average molecular weight is 387 g/mol. The minimum atomic E-state index is -1.04. The molecule has 0 radical (unpaired) electrons. The number of anilines is 1. The summed E-state index contributed by atoms with van der Waals surface area (Å²) in [6.45, 7) is 2.53. The van der Waals surface area contributed by atoms with Crippen molar-refractivity contribution in [3.63, 3.8) is 0 Å². The zero-order chi connectivity index (χ0) is 19.8. The third-order valence-corrected chi connectivity index (χ3v) is 5.59. The third kappa shape index (κ3) is 3.76. The number of hydrogen-bond donors (Lipinski definition) is 1. The van der Waals surface area contributed by atoms with Gasteiger partial charge in [-0.15, -0.1) is 0 Å². The van der Waals surface area contributed by atoms with Crippen molar-refractivity contribution < 1.29 is 9.90 Å². The Morgan fingerprint density at radius 1 is 1.14 bits per heavy atom. The number of fused-ring (bicyclic) bond motifs is 1. The number of carboxylic acid groups (broad SMARTS) is 1. The Kier molecular flexibility index (Phi) is 4.35. The summed E-state index contributed by atoms with van der Waals surface area (Å²) in [6, 6.07) is 10.1. The minimum absolute atomic E-state index is 0.0280. The van der Waals surface area contributed by atoms with Crippen molar-refractivity contribution in [1.29, 1.82) is 0 Å². The maximum atomic E-state index is 11.1. The normalized spacial score (nSPS) is 20.2. The first kappa shape index (κ1) is 17.6. The molecule has 2 atom stereocenters. The van der Waals surface area contributed by atoms with Crippen LogP contribution in [0.3, 0.4) is 0 Å². The third-order valence-electron chi connectivity index (χ3n) is 5.59. The molecule has 0 amide bonds. The number of benzene rings is 1. The van der Waals surface area contributed by atoms with E-state index in [1.165, 1.54) is 18.9 Å². The number of piperidine rings is 1. The van der Waals surface area contributed by atoms with Crippen LogP contribution in [-0.4, -0.2) is 43.7 Å². The Hall–Kier alpha value is -3.48. The van der Waals surface area contributed by atoms with Crippen LogP contribution < -0.4 is 4.90 Å². The minimum Gasteiger partial charge on any atom is -0.476 e. The molecule has 7 nitrogen and oxygen atoms in total. The Labute approximate surface area is 168 Å². The van der Waals surface area contributed by atoms with E-state index in [2.05, 4.69) is 14.9 Å².